The minimum atomic E-state index is 0.188. The van der Waals surface area contributed by atoms with Crippen molar-refractivity contribution in [3.8, 4) is 0 Å². The molecule has 2 unspecified atom stereocenters. The average molecular weight is 169 g/mol. The van der Waals surface area contributed by atoms with Crippen LogP contribution in [0.2, 0.25) is 0 Å². The van der Waals surface area contributed by atoms with Crippen LogP contribution < -0.4 is 0 Å². The van der Waals surface area contributed by atoms with Gasteiger partial charge < -0.3 is 4.90 Å². The summed E-state index contributed by atoms with van der Waals surface area (Å²) in [6.45, 7) is 9.32. The van der Waals surface area contributed by atoms with Crippen LogP contribution in [0.1, 0.15) is 34.1 Å². The third kappa shape index (κ3) is 1.62. The highest BCUT2D eigenvalue weighted by molar-refractivity contribution is 5.79. The Morgan fingerprint density at radius 3 is 2.25 bits per heavy atom. The summed E-state index contributed by atoms with van der Waals surface area (Å²) < 4.78 is 0. The van der Waals surface area contributed by atoms with Crippen molar-refractivity contribution in [3.05, 3.63) is 0 Å². The summed E-state index contributed by atoms with van der Waals surface area (Å²) in [5.41, 5.74) is 0. The lowest BCUT2D eigenvalue weighted by Gasteiger charge is -2.40. The third-order valence-corrected chi connectivity index (χ3v) is 2.99. The van der Waals surface area contributed by atoms with Crippen LogP contribution in [0.25, 0.3) is 0 Å². The largest absolute Gasteiger partial charge is 0.340 e. The van der Waals surface area contributed by atoms with Gasteiger partial charge in [0.2, 0.25) is 5.91 Å². The van der Waals surface area contributed by atoms with Crippen LogP contribution in [0.3, 0.4) is 0 Å². The molecule has 0 spiro atoms. The van der Waals surface area contributed by atoms with Crippen LogP contribution in [-0.2, 0) is 4.79 Å². The lowest BCUT2D eigenvalue weighted by Crippen LogP contribution is -2.51. The average Bonchev–Trinajstić information content (AvgIpc) is 2.00. The topological polar surface area (TPSA) is 20.3 Å². The fraction of sp³-hybridized carbons (Fsp3) is 0.900. The van der Waals surface area contributed by atoms with Gasteiger partial charge in [-0.1, -0.05) is 20.8 Å². The molecule has 1 fully saturated rings. The van der Waals surface area contributed by atoms with Crippen LogP contribution in [0.5, 0.6) is 0 Å². The highest BCUT2D eigenvalue weighted by Gasteiger charge is 2.31. The van der Waals surface area contributed by atoms with Crippen molar-refractivity contribution in [1.29, 1.82) is 0 Å². The number of carbonyl (C=O) groups excluding carboxylic acids is 1. The van der Waals surface area contributed by atoms with Gasteiger partial charge in [0.15, 0.2) is 0 Å². The maximum Gasteiger partial charge on any atom is 0.225 e. The Morgan fingerprint density at radius 1 is 1.42 bits per heavy atom. The monoisotopic (exact) mass is 169 g/mol. The van der Waals surface area contributed by atoms with Gasteiger partial charge in [-0.05, 0) is 19.3 Å². The van der Waals surface area contributed by atoms with Gasteiger partial charge in [0, 0.05) is 18.5 Å². The van der Waals surface area contributed by atoms with Gasteiger partial charge in [-0.25, -0.2) is 0 Å². The third-order valence-electron chi connectivity index (χ3n) is 2.99. The van der Waals surface area contributed by atoms with E-state index >= 15 is 0 Å². The Hall–Kier alpha value is -0.530. The van der Waals surface area contributed by atoms with E-state index in [1.54, 1.807) is 0 Å². The van der Waals surface area contributed by atoms with E-state index in [1.807, 2.05) is 11.8 Å². The van der Waals surface area contributed by atoms with Crippen molar-refractivity contribution in [1.82, 2.24) is 4.90 Å². The lowest BCUT2D eigenvalue weighted by molar-refractivity contribution is -0.143. The number of nitrogens with zero attached hydrogens (tertiary/aromatic N) is 1. The molecule has 0 aliphatic carbocycles. The molecule has 2 nitrogen and oxygen atoms in total. The van der Waals surface area contributed by atoms with E-state index in [-0.39, 0.29) is 5.92 Å². The van der Waals surface area contributed by atoms with Gasteiger partial charge in [-0.15, -0.1) is 0 Å². The molecule has 1 saturated heterocycles. The van der Waals surface area contributed by atoms with Crippen LogP contribution >= 0.6 is 0 Å². The molecule has 0 aromatic heterocycles. The highest BCUT2D eigenvalue weighted by Crippen LogP contribution is 2.22. The molecule has 2 atom stereocenters. The zero-order chi connectivity index (χ0) is 9.30. The zero-order valence-corrected chi connectivity index (χ0v) is 8.50. The molecular weight excluding hydrogens is 150 g/mol. The van der Waals surface area contributed by atoms with Gasteiger partial charge in [0.1, 0.15) is 0 Å². The minimum Gasteiger partial charge on any atom is -0.340 e. The first-order chi connectivity index (χ1) is 5.54. The van der Waals surface area contributed by atoms with Crippen molar-refractivity contribution in [2.45, 2.75) is 40.2 Å². The molecule has 1 aliphatic heterocycles. The van der Waals surface area contributed by atoms with Crippen LogP contribution in [0.4, 0.5) is 0 Å². The number of hydrogen-bond donors (Lipinski definition) is 0. The molecule has 12 heavy (non-hydrogen) atoms. The predicted molar refractivity (Wildman–Crippen MR) is 49.8 cm³/mol. The summed E-state index contributed by atoms with van der Waals surface area (Å²) in [6, 6.07) is 0.485. The smallest absolute Gasteiger partial charge is 0.225 e. The van der Waals surface area contributed by atoms with Crippen molar-refractivity contribution >= 4 is 5.91 Å². The molecule has 70 valence electrons. The van der Waals surface area contributed by atoms with E-state index in [9.17, 15) is 4.79 Å². The van der Waals surface area contributed by atoms with Crippen LogP contribution in [0, 0.1) is 11.8 Å². The van der Waals surface area contributed by atoms with Crippen molar-refractivity contribution in [2.24, 2.45) is 11.8 Å². The minimum absolute atomic E-state index is 0.188. The van der Waals surface area contributed by atoms with E-state index < -0.39 is 0 Å². The Balaban J connectivity index is 2.47. The van der Waals surface area contributed by atoms with Crippen molar-refractivity contribution in [2.75, 3.05) is 6.54 Å². The summed E-state index contributed by atoms with van der Waals surface area (Å²) in [5, 5.41) is 0. The maximum absolute atomic E-state index is 11.7. The summed E-state index contributed by atoms with van der Waals surface area (Å²) in [6.07, 6.45) is 1.18. The van der Waals surface area contributed by atoms with Crippen LogP contribution in [-0.4, -0.2) is 23.4 Å². The number of amides is 1. The molecule has 2 heteroatoms. The van der Waals surface area contributed by atoms with Gasteiger partial charge in [-0.2, -0.15) is 0 Å². The molecule has 0 saturated carbocycles. The number of hydrogen-bond acceptors (Lipinski definition) is 1. The molecule has 0 N–H and O–H groups in total. The Kier molecular flexibility index (Phi) is 2.76. The molecular formula is C10H19NO. The first-order valence-electron chi connectivity index (χ1n) is 4.84. The highest BCUT2D eigenvalue weighted by atomic mass is 16.2. The van der Waals surface area contributed by atoms with Crippen molar-refractivity contribution < 1.29 is 4.79 Å². The molecule has 1 heterocycles. The van der Waals surface area contributed by atoms with E-state index in [0.29, 0.717) is 17.9 Å². The Bertz CT molecular complexity index is 168. The van der Waals surface area contributed by atoms with Crippen LogP contribution in [0.15, 0.2) is 0 Å². The van der Waals surface area contributed by atoms with E-state index in [0.717, 1.165) is 6.54 Å². The summed E-state index contributed by atoms with van der Waals surface area (Å²) in [7, 11) is 0. The van der Waals surface area contributed by atoms with Crippen molar-refractivity contribution in [3.63, 3.8) is 0 Å². The van der Waals surface area contributed by atoms with Gasteiger partial charge in [0.05, 0.1) is 0 Å². The Morgan fingerprint density at radius 2 is 2.00 bits per heavy atom. The molecule has 0 bridgehead atoms. The molecule has 1 aliphatic rings. The zero-order valence-electron chi connectivity index (χ0n) is 8.50. The fourth-order valence-electron chi connectivity index (χ4n) is 1.39. The summed E-state index contributed by atoms with van der Waals surface area (Å²) >= 11 is 0. The number of rotatable bonds is 2. The second kappa shape index (κ2) is 3.46. The summed E-state index contributed by atoms with van der Waals surface area (Å²) in [5.74, 6) is 0.988. The lowest BCUT2D eigenvalue weighted by atomic mass is 9.93. The van der Waals surface area contributed by atoms with E-state index in [2.05, 4.69) is 20.8 Å². The number of carbonyl (C=O) groups is 1. The fourth-order valence-corrected chi connectivity index (χ4v) is 1.39. The normalized spacial score (nSPS) is 25.4. The molecule has 0 aromatic carbocycles. The molecule has 0 aromatic rings. The van der Waals surface area contributed by atoms with Gasteiger partial charge in [-0.3, -0.25) is 4.79 Å². The predicted octanol–water partition coefficient (Wildman–Crippen LogP) is 1.90. The molecule has 1 amide bonds. The van der Waals surface area contributed by atoms with E-state index in [4.69, 9.17) is 0 Å². The van der Waals surface area contributed by atoms with Gasteiger partial charge in [0.25, 0.3) is 0 Å². The first-order valence-corrected chi connectivity index (χ1v) is 4.84. The van der Waals surface area contributed by atoms with E-state index in [1.165, 1.54) is 6.42 Å². The summed E-state index contributed by atoms with van der Waals surface area (Å²) in [4.78, 5) is 13.7. The Labute approximate surface area is 74.9 Å². The molecule has 1 rings (SSSR count). The quantitative estimate of drug-likeness (QED) is 0.618. The second-order valence-electron chi connectivity index (χ2n) is 4.20. The first kappa shape index (κ1) is 9.56. The molecule has 0 radical (unpaired) electrons. The maximum atomic E-state index is 11.7. The SMILES string of the molecule is CC(C)C(C)C(=O)N1CCC1C. The van der Waals surface area contributed by atoms with Gasteiger partial charge >= 0.3 is 0 Å². The number of likely N-dealkylation sites (tertiary alicyclic amines) is 1. The second-order valence-corrected chi connectivity index (χ2v) is 4.20. The standard InChI is InChI=1S/C10H19NO/c1-7(2)9(4)10(12)11-6-5-8(11)3/h7-9H,5-6H2,1-4H3.